The summed E-state index contributed by atoms with van der Waals surface area (Å²) in [6, 6.07) is 9.83. The number of rotatable bonds is 5. The maximum absolute atomic E-state index is 12.4. The fourth-order valence-electron chi connectivity index (χ4n) is 2.47. The third-order valence-corrected chi connectivity index (χ3v) is 3.62. The van der Waals surface area contributed by atoms with E-state index in [9.17, 15) is 9.59 Å². The molecule has 0 saturated carbocycles. The van der Waals surface area contributed by atoms with Crippen molar-refractivity contribution in [3.8, 4) is 0 Å². The average molecular weight is 287 g/mol. The largest absolute Gasteiger partial charge is 0.469 e. The molecule has 0 bridgehead atoms. The molecule has 1 aromatic rings. The standard InChI is InChI=1S/C17H21NO3/c1-21-17(20)12-16(19)18(15-10-6-3-7-11-15)13-14-8-4-2-5-9-14/h2,4-5,8-10H,3,6-7,11-13H2,1H3. The van der Waals surface area contributed by atoms with Crippen molar-refractivity contribution in [3.05, 3.63) is 47.7 Å². The summed E-state index contributed by atoms with van der Waals surface area (Å²) in [5.74, 6) is -0.687. The first-order chi connectivity index (χ1) is 10.2. The van der Waals surface area contributed by atoms with Gasteiger partial charge in [0.25, 0.3) is 0 Å². The number of hydrogen-bond acceptors (Lipinski definition) is 3. The van der Waals surface area contributed by atoms with Gasteiger partial charge in [-0.2, -0.15) is 0 Å². The van der Waals surface area contributed by atoms with Crippen LogP contribution in [0.1, 0.15) is 37.7 Å². The SMILES string of the molecule is COC(=O)CC(=O)N(Cc1ccccc1)C1=CCCCC1. The van der Waals surface area contributed by atoms with Crippen LogP contribution in [0.25, 0.3) is 0 Å². The molecule has 2 rings (SSSR count). The molecule has 0 atom stereocenters. The zero-order chi connectivity index (χ0) is 15.1. The second-order valence-corrected chi connectivity index (χ2v) is 5.16. The van der Waals surface area contributed by atoms with Gasteiger partial charge in [-0.3, -0.25) is 9.59 Å². The first kappa shape index (κ1) is 15.3. The van der Waals surface area contributed by atoms with E-state index in [2.05, 4.69) is 10.8 Å². The van der Waals surface area contributed by atoms with Crippen LogP contribution < -0.4 is 0 Å². The lowest BCUT2D eigenvalue weighted by molar-refractivity contribution is -0.146. The van der Waals surface area contributed by atoms with Gasteiger partial charge in [-0.1, -0.05) is 36.4 Å². The van der Waals surface area contributed by atoms with E-state index in [1.54, 1.807) is 4.90 Å². The van der Waals surface area contributed by atoms with Crippen LogP contribution in [0.3, 0.4) is 0 Å². The number of carbonyl (C=O) groups excluding carboxylic acids is 2. The molecule has 4 nitrogen and oxygen atoms in total. The van der Waals surface area contributed by atoms with Gasteiger partial charge in [0.1, 0.15) is 6.42 Å². The normalized spacial score (nSPS) is 14.2. The second kappa shape index (κ2) is 7.62. The first-order valence-electron chi connectivity index (χ1n) is 7.31. The van der Waals surface area contributed by atoms with Gasteiger partial charge in [-0.15, -0.1) is 0 Å². The lowest BCUT2D eigenvalue weighted by atomic mass is 10.0. The number of carbonyl (C=O) groups is 2. The fraction of sp³-hybridized carbons (Fsp3) is 0.412. The van der Waals surface area contributed by atoms with E-state index >= 15 is 0 Å². The Hall–Kier alpha value is -2.10. The highest BCUT2D eigenvalue weighted by Gasteiger charge is 2.22. The number of ether oxygens (including phenoxy) is 1. The molecule has 1 amide bonds. The van der Waals surface area contributed by atoms with Gasteiger partial charge in [0.2, 0.25) is 5.91 Å². The molecule has 0 unspecified atom stereocenters. The van der Waals surface area contributed by atoms with Crippen molar-refractivity contribution in [1.29, 1.82) is 0 Å². The molecule has 1 aliphatic carbocycles. The molecule has 0 aliphatic heterocycles. The number of esters is 1. The molecule has 0 fully saturated rings. The Morgan fingerprint density at radius 3 is 2.57 bits per heavy atom. The molecule has 0 saturated heterocycles. The van der Waals surface area contributed by atoms with Crippen molar-refractivity contribution < 1.29 is 14.3 Å². The molecular weight excluding hydrogens is 266 g/mol. The van der Waals surface area contributed by atoms with Gasteiger partial charge in [-0.25, -0.2) is 0 Å². The Morgan fingerprint density at radius 2 is 1.95 bits per heavy atom. The second-order valence-electron chi connectivity index (χ2n) is 5.16. The maximum Gasteiger partial charge on any atom is 0.315 e. The number of nitrogens with zero attached hydrogens (tertiary/aromatic N) is 1. The number of methoxy groups -OCH3 is 1. The topological polar surface area (TPSA) is 46.6 Å². The Balaban J connectivity index is 2.15. The van der Waals surface area contributed by atoms with E-state index in [0.717, 1.165) is 36.9 Å². The zero-order valence-corrected chi connectivity index (χ0v) is 12.4. The third-order valence-electron chi connectivity index (χ3n) is 3.62. The van der Waals surface area contributed by atoms with Crippen molar-refractivity contribution in [2.24, 2.45) is 0 Å². The van der Waals surface area contributed by atoms with Crippen LogP contribution in [0.5, 0.6) is 0 Å². The van der Waals surface area contributed by atoms with E-state index in [4.69, 9.17) is 0 Å². The van der Waals surface area contributed by atoms with Crippen molar-refractivity contribution in [1.82, 2.24) is 4.90 Å². The van der Waals surface area contributed by atoms with Crippen LogP contribution in [-0.2, 0) is 20.9 Å². The maximum atomic E-state index is 12.4. The van der Waals surface area contributed by atoms with Gasteiger partial charge < -0.3 is 9.64 Å². The minimum Gasteiger partial charge on any atom is -0.469 e. The summed E-state index contributed by atoms with van der Waals surface area (Å²) in [4.78, 5) is 25.5. The zero-order valence-electron chi connectivity index (χ0n) is 12.4. The monoisotopic (exact) mass is 287 g/mol. The highest BCUT2D eigenvalue weighted by atomic mass is 16.5. The molecule has 0 aromatic heterocycles. The van der Waals surface area contributed by atoms with Gasteiger partial charge in [0.05, 0.1) is 13.7 Å². The molecular formula is C17H21NO3. The average Bonchev–Trinajstić information content (AvgIpc) is 2.54. The first-order valence-corrected chi connectivity index (χ1v) is 7.31. The highest BCUT2D eigenvalue weighted by Crippen LogP contribution is 2.23. The van der Waals surface area contributed by atoms with E-state index in [1.165, 1.54) is 7.11 Å². The van der Waals surface area contributed by atoms with Crippen LogP contribution in [0.2, 0.25) is 0 Å². The van der Waals surface area contributed by atoms with Crippen LogP contribution >= 0.6 is 0 Å². The number of hydrogen-bond donors (Lipinski definition) is 0. The minimum atomic E-state index is -0.491. The summed E-state index contributed by atoms with van der Waals surface area (Å²) in [5, 5.41) is 0. The number of allylic oxidation sites excluding steroid dienone is 2. The summed E-state index contributed by atoms with van der Waals surface area (Å²) < 4.78 is 4.60. The summed E-state index contributed by atoms with van der Waals surface area (Å²) in [7, 11) is 1.30. The van der Waals surface area contributed by atoms with E-state index in [-0.39, 0.29) is 12.3 Å². The predicted octanol–water partition coefficient (Wildman–Crippen LogP) is 3.04. The Bertz CT molecular complexity index is 522. The van der Waals surface area contributed by atoms with Crippen molar-refractivity contribution in [2.45, 2.75) is 38.6 Å². The quantitative estimate of drug-likeness (QED) is 0.617. The number of benzene rings is 1. The summed E-state index contributed by atoms with van der Waals surface area (Å²) >= 11 is 0. The lowest BCUT2D eigenvalue weighted by Crippen LogP contribution is -2.32. The lowest BCUT2D eigenvalue weighted by Gasteiger charge is -2.27. The Morgan fingerprint density at radius 1 is 1.19 bits per heavy atom. The number of amides is 1. The van der Waals surface area contributed by atoms with Gasteiger partial charge in [0, 0.05) is 5.70 Å². The predicted molar refractivity (Wildman–Crippen MR) is 80.2 cm³/mol. The minimum absolute atomic E-state index is 0.196. The molecule has 0 spiro atoms. The van der Waals surface area contributed by atoms with Gasteiger partial charge in [-0.05, 0) is 31.2 Å². The molecule has 4 heteroatoms. The Kier molecular flexibility index (Phi) is 5.55. The highest BCUT2D eigenvalue weighted by molar-refractivity contribution is 5.95. The smallest absolute Gasteiger partial charge is 0.315 e. The molecule has 1 aromatic carbocycles. The van der Waals surface area contributed by atoms with Gasteiger partial charge in [0.15, 0.2) is 0 Å². The van der Waals surface area contributed by atoms with Crippen LogP contribution in [0.15, 0.2) is 42.1 Å². The molecule has 21 heavy (non-hydrogen) atoms. The molecule has 1 aliphatic rings. The summed E-state index contributed by atoms with van der Waals surface area (Å²) in [6.45, 7) is 0.502. The van der Waals surface area contributed by atoms with E-state index in [0.29, 0.717) is 6.54 Å². The van der Waals surface area contributed by atoms with E-state index in [1.807, 2.05) is 30.3 Å². The van der Waals surface area contributed by atoms with Gasteiger partial charge >= 0.3 is 5.97 Å². The molecule has 0 heterocycles. The third kappa shape index (κ3) is 4.45. The van der Waals surface area contributed by atoms with Crippen molar-refractivity contribution >= 4 is 11.9 Å². The summed E-state index contributed by atoms with van der Waals surface area (Å²) in [5.41, 5.74) is 2.08. The van der Waals surface area contributed by atoms with Crippen LogP contribution in [-0.4, -0.2) is 23.9 Å². The van der Waals surface area contributed by atoms with Crippen molar-refractivity contribution in [3.63, 3.8) is 0 Å². The molecule has 112 valence electrons. The summed E-state index contributed by atoms with van der Waals surface area (Å²) in [6.07, 6.45) is 6.03. The van der Waals surface area contributed by atoms with Crippen LogP contribution in [0.4, 0.5) is 0 Å². The van der Waals surface area contributed by atoms with Crippen molar-refractivity contribution in [2.75, 3.05) is 7.11 Å². The molecule has 0 radical (unpaired) electrons. The van der Waals surface area contributed by atoms with E-state index < -0.39 is 5.97 Å². The molecule has 0 N–H and O–H groups in total. The Labute approximate surface area is 125 Å². The van der Waals surface area contributed by atoms with Crippen LogP contribution in [0, 0.1) is 0 Å². The fourth-order valence-corrected chi connectivity index (χ4v) is 2.47.